The molecule has 2 aromatic heterocycles. The molecule has 0 bridgehead atoms. The quantitative estimate of drug-likeness (QED) is 0.554. The molecule has 1 fully saturated rings. The predicted molar refractivity (Wildman–Crippen MR) is 120 cm³/mol. The highest BCUT2D eigenvalue weighted by Crippen LogP contribution is 2.34. The van der Waals surface area contributed by atoms with E-state index in [0.717, 1.165) is 16.1 Å². The Kier molecular flexibility index (Phi) is 6.78. The first-order valence-corrected chi connectivity index (χ1v) is 11.5. The van der Waals surface area contributed by atoms with E-state index in [2.05, 4.69) is 20.3 Å². The molecule has 1 amide bonds. The van der Waals surface area contributed by atoms with Gasteiger partial charge in [-0.25, -0.2) is 13.8 Å². The van der Waals surface area contributed by atoms with Gasteiger partial charge in [0.25, 0.3) is 11.8 Å². The minimum Gasteiger partial charge on any atom is -0.350 e. The summed E-state index contributed by atoms with van der Waals surface area (Å²) in [5, 5.41) is 3.26. The Labute approximate surface area is 193 Å². The third-order valence-corrected chi connectivity index (χ3v) is 6.94. The van der Waals surface area contributed by atoms with Crippen molar-refractivity contribution in [2.75, 3.05) is 19.6 Å². The van der Waals surface area contributed by atoms with Crippen LogP contribution in [0.1, 0.15) is 39.8 Å². The number of piperidine rings is 1. The average molecular weight is 478 g/mol. The predicted octanol–water partition coefficient (Wildman–Crippen LogP) is 4.76. The zero-order valence-electron chi connectivity index (χ0n) is 17.4. The SMILES string of the molecule is Cc1ncsc1C(CNC(=O)c1cc(-c2cnccn2)ccc1Cl)N1CCC(F)(F)CC1. The van der Waals surface area contributed by atoms with Gasteiger partial charge in [0.1, 0.15) is 0 Å². The normalized spacial score (nSPS) is 17.1. The molecule has 10 heteroatoms. The molecule has 1 aliphatic heterocycles. The number of alkyl halides is 2. The number of nitrogens with zero attached hydrogens (tertiary/aromatic N) is 4. The van der Waals surface area contributed by atoms with Crippen LogP contribution in [0.5, 0.6) is 0 Å². The maximum absolute atomic E-state index is 13.7. The topological polar surface area (TPSA) is 71.0 Å². The Morgan fingerprint density at radius 3 is 2.72 bits per heavy atom. The largest absolute Gasteiger partial charge is 0.350 e. The van der Waals surface area contributed by atoms with Gasteiger partial charge in [-0.05, 0) is 19.1 Å². The lowest BCUT2D eigenvalue weighted by atomic mass is 10.0. The first kappa shape index (κ1) is 22.7. The molecule has 6 nitrogen and oxygen atoms in total. The summed E-state index contributed by atoms with van der Waals surface area (Å²) in [4.78, 5) is 28.6. The van der Waals surface area contributed by atoms with E-state index >= 15 is 0 Å². The van der Waals surface area contributed by atoms with Crippen LogP contribution in [0.4, 0.5) is 8.78 Å². The van der Waals surface area contributed by atoms with Gasteiger partial charge in [-0.1, -0.05) is 17.7 Å². The maximum atomic E-state index is 13.7. The number of benzene rings is 1. The Balaban J connectivity index is 1.52. The van der Waals surface area contributed by atoms with Crippen LogP contribution in [0.15, 0.2) is 42.3 Å². The van der Waals surface area contributed by atoms with E-state index in [1.807, 2.05) is 11.8 Å². The summed E-state index contributed by atoms with van der Waals surface area (Å²) in [7, 11) is 0. The third-order valence-electron chi connectivity index (χ3n) is 5.58. The van der Waals surface area contributed by atoms with E-state index in [0.29, 0.717) is 16.3 Å². The molecule has 1 atom stereocenters. The van der Waals surface area contributed by atoms with Gasteiger partial charge in [-0.15, -0.1) is 11.3 Å². The minimum atomic E-state index is -2.64. The van der Waals surface area contributed by atoms with Crippen LogP contribution in [0.25, 0.3) is 11.3 Å². The lowest BCUT2D eigenvalue weighted by Crippen LogP contribution is -2.45. The fourth-order valence-electron chi connectivity index (χ4n) is 3.77. The summed E-state index contributed by atoms with van der Waals surface area (Å²) in [5.41, 5.74) is 4.25. The number of halogens is 3. The van der Waals surface area contributed by atoms with Gasteiger partial charge < -0.3 is 5.32 Å². The Morgan fingerprint density at radius 1 is 1.28 bits per heavy atom. The van der Waals surface area contributed by atoms with Gasteiger partial charge >= 0.3 is 0 Å². The van der Waals surface area contributed by atoms with Gasteiger partial charge in [0.15, 0.2) is 0 Å². The van der Waals surface area contributed by atoms with Gasteiger partial charge in [0, 0.05) is 55.3 Å². The molecule has 1 aromatic carbocycles. The van der Waals surface area contributed by atoms with E-state index in [9.17, 15) is 13.6 Å². The van der Waals surface area contributed by atoms with Crippen LogP contribution in [-0.2, 0) is 0 Å². The molecule has 1 N–H and O–H groups in total. The number of aryl methyl sites for hydroxylation is 1. The van der Waals surface area contributed by atoms with Crippen molar-refractivity contribution in [2.24, 2.45) is 0 Å². The average Bonchev–Trinajstić information content (AvgIpc) is 3.21. The van der Waals surface area contributed by atoms with E-state index in [4.69, 9.17) is 11.6 Å². The summed E-state index contributed by atoms with van der Waals surface area (Å²) in [6.07, 6.45) is 4.38. The van der Waals surface area contributed by atoms with Crippen molar-refractivity contribution in [3.05, 3.63) is 63.5 Å². The molecular weight excluding hydrogens is 456 g/mol. The van der Waals surface area contributed by atoms with Crippen LogP contribution >= 0.6 is 22.9 Å². The lowest BCUT2D eigenvalue weighted by molar-refractivity contribution is -0.0629. The second-order valence-corrected chi connectivity index (χ2v) is 9.00. The van der Waals surface area contributed by atoms with Gasteiger partial charge in [0.05, 0.1) is 39.7 Å². The summed E-state index contributed by atoms with van der Waals surface area (Å²) in [5.74, 6) is -2.98. The highest BCUT2D eigenvalue weighted by molar-refractivity contribution is 7.09. The number of hydrogen-bond donors (Lipinski definition) is 1. The van der Waals surface area contributed by atoms with Crippen LogP contribution in [0, 0.1) is 6.92 Å². The third kappa shape index (κ3) is 5.11. The molecule has 0 aliphatic carbocycles. The summed E-state index contributed by atoms with van der Waals surface area (Å²) in [6, 6.07) is 4.87. The number of rotatable bonds is 6. The molecule has 32 heavy (non-hydrogen) atoms. The number of nitrogens with one attached hydrogen (secondary N) is 1. The Hall–Kier alpha value is -2.49. The van der Waals surface area contributed by atoms with Crippen molar-refractivity contribution in [1.29, 1.82) is 0 Å². The van der Waals surface area contributed by atoms with Crippen molar-refractivity contribution in [1.82, 2.24) is 25.2 Å². The Morgan fingerprint density at radius 2 is 2.06 bits per heavy atom. The lowest BCUT2D eigenvalue weighted by Gasteiger charge is -2.37. The van der Waals surface area contributed by atoms with Crippen molar-refractivity contribution in [3.63, 3.8) is 0 Å². The van der Waals surface area contributed by atoms with Crippen molar-refractivity contribution >= 4 is 28.8 Å². The fraction of sp³-hybridized carbons (Fsp3) is 0.364. The summed E-state index contributed by atoms with van der Waals surface area (Å²) < 4.78 is 27.4. The monoisotopic (exact) mass is 477 g/mol. The van der Waals surface area contributed by atoms with Crippen LogP contribution in [-0.4, -0.2) is 51.3 Å². The van der Waals surface area contributed by atoms with E-state index < -0.39 is 5.92 Å². The number of carbonyl (C=O) groups excluding carboxylic acids is 1. The molecule has 0 radical (unpaired) electrons. The summed E-state index contributed by atoms with van der Waals surface area (Å²) in [6.45, 7) is 2.67. The first-order chi connectivity index (χ1) is 15.3. The van der Waals surface area contributed by atoms with Gasteiger partial charge in [0.2, 0.25) is 0 Å². The molecule has 0 spiro atoms. The fourth-order valence-corrected chi connectivity index (χ4v) is 4.91. The molecule has 3 aromatic rings. The molecule has 1 saturated heterocycles. The molecule has 168 valence electrons. The molecule has 1 unspecified atom stereocenters. The van der Waals surface area contributed by atoms with E-state index in [1.54, 1.807) is 42.3 Å². The van der Waals surface area contributed by atoms with Crippen LogP contribution in [0.2, 0.25) is 5.02 Å². The van der Waals surface area contributed by atoms with Gasteiger partial charge in [-0.2, -0.15) is 0 Å². The maximum Gasteiger partial charge on any atom is 0.252 e. The molecular formula is C22H22ClF2N5OS. The summed E-state index contributed by atoms with van der Waals surface area (Å²) >= 11 is 7.77. The second-order valence-electron chi connectivity index (χ2n) is 7.71. The zero-order chi connectivity index (χ0) is 22.7. The van der Waals surface area contributed by atoms with Crippen molar-refractivity contribution in [2.45, 2.75) is 31.7 Å². The number of aromatic nitrogens is 3. The van der Waals surface area contributed by atoms with Gasteiger partial charge in [-0.3, -0.25) is 19.7 Å². The highest BCUT2D eigenvalue weighted by atomic mass is 35.5. The molecule has 3 heterocycles. The first-order valence-electron chi connectivity index (χ1n) is 10.2. The number of amides is 1. The van der Waals surface area contributed by atoms with Crippen molar-refractivity contribution in [3.8, 4) is 11.3 Å². The second kappa shape index (κ2) is 9.56. The molecule has 1 aliphatic rings. The van der Waals surface area contributed by atoms with Crippen LogP contribution < -0.4 is 5.32 Å². The number of hydrogen-bond acceptors (Lipinski definition) is 6. The zero-order valence-corrected chi connectivity index (χ0v) is 19.0. The molecule has 0 saturated carbocycles. The number of thiazole rings is 1. The standard InChI is InChI=1S/C22H22ClF2N5OS/c1-14-20(32-13-29-14)19(30-8-4-22(24,25)5-9-30)12-28-21(31)16-10-15(2-3-17(16)23)18-11-26-6-7-27-18/h2-3,6-7,10-11,13,19H,4-5,8-9,12H2,1H3,(H,28,31). The molecule has 4 rings (SSSR count). The smallest absolute Gasteiger partial charge is 0.252 e. The van der Waals surface area contributed by atoms with Crippen molar-refractivity contribution < 1.29 is 13.6 Å². The minimum absolute atomic E-state index is 0.193. The van der Waals surface area contributed by atoms with E-state index in [-0.39, 0.29) is 44.4 Å². The number of likely N-dealkylation sites (tertiary alicyclic amines) is 1. The van der Waals surface area contributed by atoms with E-state index in [1.165, 1.54) is 11.3 Å². The van der Waals surface area contributed by atoms with Crippen LogP contribution in [0.3, 0.4) is 0 Å². The number of carbonyl (C=O) groups is 1. The highest BCUT2D eigenvalue weighted by Gasteiger charge is 2.37. The Bertz CT molecular complexity index is 1080.